The Bertz CT molecular complexity index is 969. The van der Waals surface area contributed by atoms with Crippen LogP contribution in [0.4, 0.5) is 10.2 Å². The fourth-order valence-electron chi connectivity index (χ4n) is 2.88. The van der Waals surface area contributed by atoms with Gasteiger partial charge in [-0.25, -0.2) is 14.4 Å². The highest BCUT2D eigenvalue weighted by Crippen LogP contribution is 2.37. The molecular formula is C19H24FN5O2S2. The topological polar surface area (TPSA) is 93.1 Å². The van der Waals surface area contributed by atoms with Crippen LogP contribution in [-0.2, 0) is 0 Å². The molecule has 10 heteroatoms. The molecule has 0 spiro atoms. The first-order valence-electron chi connectivity index (χ1n) is 9.28. The van der Waals surface area contributed by atoms with E-state index in [4.69, 9.17) is 4.74 Å². The summed E-state index contributed by atoms with van der Waals surface area (Å²) in [6.45, 7) is 6.03. The zero-order valence-corrected chi connectivity index (χ0v) is 18.4. The van der Waals surface area contributed by atoms with Crippen molar-refractivity contribution in [1.82, 2.24) is 19.9 Å². The Hall–Kier alpha value is -2.04. The molecule has 0 saturated heterocycles. The molecule has 0 radical (unpaired) electrons. The van der Waals surface area contributed by atoms with Crippen LogP contribution in [0.1, 0.15) is 38.1 Å². The smallest absolute Gasteiger partial charge is 0.275 e. The number of aliphatic hydroxyl groups excluding tert-OH is 1. The quantitative estimate of drug-likeness (QED) is 0.378. The molecule has 7 nitrogen and oxygen atoms in total. The third-order valence-electron chi connectivity index (χ3n) is 4.16. The molecule has 2 N–H and O–H groups in total. The predicted molar refractivity (Wildman–Crippen MR) is 114 cm³/mol. The van der Waals surface area contributed by atoms with Crippen molar-refractivity contribution in [2.45, 2.75) is 43.6 Å². The highest BCUT2D eigenvalue weighted by atomic mass is 32.2. The standard InChI is InChI=1S/C19H24FN5O2S2/c1-10(2)8-12(9-26)22-16-15-17(25-19(27-4)29-15)24-18(23-16)28-11(3)14-13(20)6-5-7-21-14/h5-7,10-12,26H,8-9H2,1-4H3,(H,22,23,24)/t11?,12-/m1/s1. The van der Waals surface area contributed by atoms with E-state index in [0.29, 0.717) is 33.4 Å². The largest absolute Gasteiger partial charge is 0.473 e. The van der Waals surface area contributed by atoms with E-state index in [0.717, 1.165) is 11.1 Å². The van der Waals surface area contributed by atoms with E-state index in [1.807, 2.05) is 6.92 Å². The van der Waals surface area contributed by atoms with Gasteiger partial charge in [-0.3, -0.25) is 4.98 Å². The number of nitrogens with zero attached hydrogens (tertiary/aromatic N) is 4. The molecule has 0 bridgehead atoms. The van der Waals surface area contributed by atoms with Gasteiger partial charge in [-0.15, -0.1) is 0 Å². The molecule has 0 amide bonds. The van der Waals surface area contributed by atoms with Gasteiger partial charge in [0.2, 0.25) is 0 Å². The molecular weight excluding hydrogens is 413 g/mol. The van der Waals surface area contributed by atoms with Gasteiger partial charge in [0.15, 0.2) is 16.6 Å². The molecule has 29 heavy (non-hydrogen) atoms. The molecule has 0 aliphatic carbocycles. The monoisotopic (exact) mass is 437 g/mol. The molecule has 3 heterocycles. The number of halogens is 1. The first-order chi connectivity index (χ1) is 13.9. The van der Waals surface area contributed by atoms with Crippen molar-refractivity contribution in [3.05, 3.63) is 29.8 Å². The summed E-state index contributed by atoms with van der Waals surface area (Å²) in [4.78, 5) is 17.7. The lowest BCUT2D eigenvalue weighted by atomic mass is 10.0. The van der Waals surface area contributed by atoms with Crippen LogP contribution in [0.25, 0.3) is 10.3 Å². The minimum atomic E-state index is -0.362. The maximum Gasteiger partial charge on any atom is 0.275 e. The second-order valence-electron chi connectivity index (χ2n) is 6.98. The van der Waals surface area contributed by atoms with Crippen molar-refractivity contribution in [2.75, 3.05) is 19.0 Å². The number of hydrogen-bond donors (Lipinski definition) is 2. The van der Waals surface area contributed by atoms with Crippen molar-refractivity contribution in [3.8, 4) is 5.19 Å². The van der Waals surface area contributed by atoms with Gasteiger partial charge in [0.05, 0.1) is 30.7 Å². The molecule has 0 aliphatic heterocycles. The number of hydrogen-bond acceptors (Lipinski definition) is 9. The van der Waals surface area contributed by atoms with Crippen molar-refractivity contribution in [1.29, 1.82) is 0 Å². The molecule has 3 aromatic heterocycles. The van der Waals surface area contributed by atoms with Gasteiger partial charge in [-0.2, -0.15) is 4.98 Å². The third-order valence-corrected chi connectivity index (χ3v) is 6.14. The van der Waals surface area contributed by atoms with E-state index in [9.17, 15) is 9.50 Å². The molecule has 2 atom stereocenters. The first kappa shape index (κ1) is 21.7. The summed E-state index contributed by atoms with van der Waals surface area (Å²) in [6, 6.07) is 2.80. The second-order valence-corrected chi connectivity index (χ2v) is 9.24. The number of rotatable bonds is 9. The molecule has 156 valence electrons. The maximum atomic E-state index is 14.1. The fraction of sp³-hybridized carbons (Fsp3) is 0.474. The molecule has 0 fully saturated rings. The number of fused-ring (bicyclic) bond motifs is 1. The summed E-state index contributed by atoms with van der Waals surface area (Å²) in [5.41, 5.74) is 0.849. The average molecular weight is 438 g/mol. The third kappa shape index (κ3) is 5.31. The van der Waals surface area contributed by atoms with Crippen LogP contribution in [0.5, 0.6) is 5.19 Å². The Labute approximate surface area is 177 Å². The molecule has 0 aliphatic rings. The fourth-order valence-corrected chi connectivity index (χ4v) is 4.53. The zero-order valence-electron chi connectivity index (χ0n) is 16.7. The SMILES string of the molecule is COc1nc2nc(SC(C)c3ncccc3F)nc(N[C@@H](CO)CC(C)C)c2s1. The highest BCUT2D eigenvalue weighted by Gasteiger charge is 2.20. The van der Waals surface area contributed by atoms with E-state index in [2.05, 4.69) is 39.1 Å². The number of pyridine rings is 1. The van der Waals surface area contributed by atoms with Crippen molar-refractivity contribution in [3.63, 3.8) is 0 Å². The number of thioether (sulfide) groups is 1. The molecule has 3 rings (SSSR count). The van der Waals surface area contributed by atoms with Gasteiger partial charge in [-0.1, -0.05) is 36.9 Å². The Morgan fingerprint density at radius 1 is 1.28 bits per heavy atom. The maximum absolute atomic E-state index is 14.1. The normalized spacial score (nSPS) is 13.6. The van der Waals surface area contributed by atoms with Crippen LogP contribution >= 0.6 is 23.1 Å². The number of thiazole rings is 1. The van der Waals surface area contributed by atoms with Crippen LogP contribution in [0.3, 0.4) is 0 Å². The first-order valence-corrected chi connectivity index (χ1v) is 11.0. The van der Waals surface area contributed by atoms with Crippen molar-refractivity contribution < 1.29 is 14.2 Å². The number of nitrogens with one attached hydrogen (secondary N) is 1. The van der Waals surface area contributed by atoms with Crippen LogP contribution < -0.4 is 10.1 Å². The van der Waals surface area contributed by atoms with Gasteiger partial charge in [-0.05, 0) is 31.4 Å². The van der Waals surface area contributed by atoms with Crippen LogP contribution in [0, 0.1) is 11.7 Å². The molecule has 3 aromatic rings. The van der Waals surface area contributed by atoms with Crippen molar-refractivity contribution in [2.24, 2.45) is 5.92 Å². The summed E-state index contributed by atoms with van der Waals surface area (Å²) in [5, 5.41) is 13.7. The van der Waals surface area contributed by atoms with E-state index in [1.165, 1.54) is 29.2 Å². The molecule has 0 saturated carbocycles. The summed E-state index contributed by atoms with van der Waals surface area (Å²) >= 11 is 2.64. The molecule has 1 unspecified atom stereocenters. The summed E-state index contributed by atoms with van der Waals surface area (Å²) in [7, 11) is 1.55. The van der Waals surface area contributed by atoms with Gasteiger partial charge >= 0.3 is 0 Å². The van der Waals surface area contributed by atoms with Crippen molar-refractivity contribution >= 4 is 39.3 Å². The lowest BCUT2D eigenvalue weighted by Gasteiger charge is -2.19. The lowest BCUT2D eigenvalue weighted by molar-refractivity contribution is 0.259. The summed E-state index contributed by atoms with van der Waals surface area (Å²) < 4.78 is 20.1. The van der Waals surface area contributed by atoms with E-state index in [1.54, 1.807) is 19.4 Å². The Kier molecular flexibility index (Phi) is 7.20. The minimum absolute atomic E-state index is 0.0162. The van der Waals surface area contributed by atoms with Gasteiger partial charge in [0.1, 0.15) is 10.5 Å². The number of aliphatic hydroxyl groups is 1. The number of anilines is 1. The van der Waals surface area contributed by atoms with Gasteiger partial charge in [0, 0.05) is 6.20 Å². The van der Waals surface area contributed by atoms with E-state index in [-0.39, 0.29) is 23.7 Å². The number of aromatic nitrogens is 4. The highest BCUT2D eigenvalue weighted by molar-refractivity contribution is 7.99. The second kappa shape index (κ2) is 9.64. The Balaban J connectivity index is 1.94. The van der Waals surface area contributed by atoms with Crippen LogP contribution in [0.15, 0.2) is 23.5 Å². The Morgan fingerprint density at radius 3 is 2.72 bits per heavy atom. The summed E-state index contributed by atoms with van der Waals surface area (Å²) in [6.07, 6.45) is 2.35. The molecule has 0 aromatic carbocycles. The Morgan fingerprint density at radius 2 is 2.07 bits per heavy atom. The predicted octanol–water partition coefficient (Wildman–Crippen LogP) is 4.30. The van der Waals surface area contributed by atoms with E-state index >= 15 is 0 Å². The zero-order chi connectivity index (χ0) is 21.0. The average Bonchev–Trinajstić information content (AvgIpc) is 3.10. The number of ether oxygens (including phenoxy) is 1. The lowest BCUT2D eigenvalue weighted by Crippen LogP contribution is -2.26. The van der Waals surface area contributed by atoms with Crippen LogP contribution in [-0.4, -0.2) is 44.8 Å². The van der Waals surface area contributed by atoms with E-state index < -0.39 is 0 Å². The van der Waals surface area contributed by atoms with Gasteiger partial charge in [0.25, 0.3) is 5.19 Å². The van der Waals surface area contributed by atoms with Gasteiger partial charge < -0.3 is 15.2 Å². The van der Waals surface area contributed by atoms with Crippen LogP contribution in [0.2, 0.25) is 0 Å². The minimum Gasteiger partial charge on any atom is -0.473 e. The summed E-state index contributed by atoms with van der Waals surface area (Å²) in [5.74, 6) is 0.639. The number of methoxy groups -OCH3 is 1.